The Morgan fingerprint density at radius 2 is 1.84 bits per heavy atom. The first kappa shape index (κ1) is 16.0. The van der Waals surface area contributed by atoms with Gasteiger partial charge in [-0.25, -0.2) is 0 Å². The van der Waals surface area contributed by atoms with Crippen LogP contribution in [-0.2, 0) is 9.53 Å². The van der Waals surface area contributed by atoms with Gasteiger partial charge < -0.3 is 4.74 Å². The van der Waals surface area contributed by atoms with Crippen molar-refractivity contribution < 1.29 is 9.53 Å². The average molecular weight is 284 g/mol. The predicted molar refractivity (Wildman–Crippen MR) is 78.3 cm³/mol. The number of ether oxygens (including phenoxy) is 1. The predicted octanol–water partition coefficient (Wildman–Crippen LogP) is 3.72. The van der Waals surface area contributed by atoms with Crippen molar-refractivity contribution in [2.45, 2.75) is 52.3 Å². The van der Waals surface area contributed by atoms with E-state index < -0.39 is 5.60 Å². The topological polar surface area (TPSA) is 38.3 Å². The Morgan fingerprint density at radius 1 is 1.26 bits per heavy atom. The van der Waals surface area contributed by atoms with Gasteiger partial charge in [0.15, 0.2) is 0 Å². The van der Waals surface area contributed by atoms with Gasteiger partial charge in [0.2, 0.25) is 0 Å². The molecule has 4 heteroatoms. The standard InChI is InChI=1S/C15H22ClNO2/c1-10(12-8-6-7-9-13(12)16)17-11(2)14(18)19-15(3,4)5/h6-11,17H,1-5H3/t10-,11?/m1/s1. The summed E-state index contributed by atoms with van der Waals surface area (Å²) in [6.07, 6.45) is 0. The van der Waals surface area contributed by atoms with Crippen molar-refractivity contribution in [3.05, 3.63) is 34.9 Å². The van der Waals surface area contributed by atoms with Crippen LogP contribution in [0.3, 0.4) is 0 Å². The largest absolute Gasteiger partial charge is 0.459 e. The Morgan fingerprint density at radius 3 is 2.37 bits per heavy atom. The first-order chi connectivity index (χ1) is 8.70. The molecule has 2 atom stereocenters. The fourth-order valence-corrected chi connectivity index (χ4v) is 2.05. The van der Waals surface area contributed by atoms with E-state index >= 15 is 0 Å². The molecule has 19 heavy (non-hydrogen) atoms. The monoisotopic (exact) mass is 283 g/mol. The van der Waals surface area contributed by atoms with Crippen molar-refractivity contribution in [2.75, 3.05) is 0 Å². The van der Waals surface area contributed by atoms with Crippen molar-refractivity contribution in [2.24, 2.45) is 0 Å². The van der Waals surface area contributed by atoms with Crippen molar-refractivity contribution in [1.29, 1.82) is 0 Å². The van der Waals surface area contributed by atoms with E-state index in [1.54, 1.807) is 6.92 Å². The van der Waals surface area contributed by atoms with Gasteiger partial charge in [0.1, 0.15) is 11.6 Å². The molecule has 0 aromatic heterocycles. The Kier molecular flexibility index (Phi) is 5.39. The highest BCUT2D eigenvalue weighted by molar-refractivity contribution is 6.31. The van der Waals surface area contributed by atoms with E-state index in [0.29, 0.717) is 5.02 Å². The molecule has 0 heterocycles. The van der Waals surface area contributed by atoms with Crippen LogP contribution in [0.4, 0.5) is 0 Å². The van der Waals surface area contributed by atoms with Gasteiger partial charge >= 0.3 is 5.97 Å². The zero-order valence-electron chi connectivity index (χ0n) is 12.2. The second-order valence-corrected chi connectivity index (χ2v) is 6.07. The molecule has 0 saturated heterocycles. The number of halogens is 1. The summed E-state index contributed by atoms with van der Waals surface area (Å²) in [6, 6.07) is 7.20. The van der Waals surface area contributed by atoms with Gasteiger partial charge in [-0.1, -0.05) is 29.8 Å². The lowest BCUT2D eigenvalue weighted by atomic mass is 10.1. The maximum absolute atomic E-state index is 11.9. The van der Waals surface area contributed by atoms with Gasteiger partial charge in [0.25, 0.3) is 0 Å². The minimum absolute atomic E-state index is 0.0174. The summed E-state index contributed by atoms with van der Waals surface area (Å²) in [5, 5.41) is 3.89. The Labute approximate surface area is 120 Å². The van der Waals surface area contributed by atoms with Crippen LogP contribution in [0.1, 0.15) is 46.2 Å². The molecule has 0 radical (unpaired) electrons. The smallest absolute Gasteiger partial charge is 0.323 e. The molecule has 0 aliphatic heterocycles. The first-order valence-corrected chi connectivity index (χ1v) is 6.82. The van der Waals surface area contributed by atoms with Crippen LogP contribution in [0.2, 0.25) is 5.02 Å². The van der Waals surface area contributed by atoms with Gasteiger partial charge in [-0.05, 0) is 46.2 Å². The first-order valence-electron chi connectivity index (χ1n) is 6.44. The highest BCUT2D eigenvalue weighted by Crippen LogP contribution is 2.22. The molecule has 1 N–H and O–H groups in total. The minimum atomic E-state index is -0.472. The zero-order chi connectivity index (χ0) is 14.6. The molecule has 1 rings (SSSR count). The summed E-state index contributed by atoms with van der Waals surface area (Å²) in [5.74, 6) is -0.258. The average Bonchev–Trinajstić information content (AvgIpc) is 2.27. The van der Waals surface area contributed by atoms with Crippen LogP contribution in [0.25, 0.3) is 0 Å². The lowest BCUT2D eigenvalue weighted by Crippen LogP contribution is -2.40. The summed E-state index contributed by atoms with van der Waals surface area (Å²) >= 11 is 6.13. The number of carbonyl (C=O) groups is 1. The SMILES string of the molecule is CC(N[C@H](C)c1ccccc1Cl)C(=O)OC(C)(C)C. The minimum Gasteiger partial charge on any atom is -0.459 e. The summed E-state index contributed by atoms with van der Waals surface area (Å²) in [6.45, 7) is 9.34. The van der Waals surface area contributed by atoms with Crippen molar-refractivity contribution >= 4 is 17.6 Å². The Balaban J connectivity index is 2.64. The van der Waals surface area contributed by atoms with Gasteiger partial charge in [-0.2, -0.15) is 0 Å². The molecular formula is C15H22ClNO2. The van der Waals surface area contributed by atoms with E-state index in [1.165, 1.54) is 0 Å². The third kappa shape index (κ3) is 5.21. The zero-order valence-corrected chi connectivity index (χ0v) is 12.9. The third-order valence-corrected chi connectivity index (χ3v) is 2.98. The van der Waals surface area contributed by atoms with E-state index in [2.05, 4.69) is 5.32 Å². The molecule has 106 valence electrons. The van der Waals surface area contributed by atoms with E-state index in [-0.39, 0.29) is 18.1 Å². The highest BCUT2D eigenvalue weighted by atomic mass is 35.5. The summed E-state index contributed by atoms with van der Waals surface area (Å²) < 4.78 is 5.33. The molecule has 0 fully saturated rings. The molecule has 1 unspecified atom stereocenters. The molecule has 0 aliphatic carbocycles. The van der Waals surface area contributed by atoms with Crippen LogP contribution in [-0.4, -0.2) is 17.6 Å². The Bertz CT molecular complexity index is 440. The summed E-state index contributed by atoms with van der Waals surface area (Å²) in [5.41, 5.74) is 0.500. The van der Waals surface area contributed by atoms with E-state index in [4.69, 9.17) is 16.3 Å². The second kappa shape index (κ2) is 6.40. The number of hydrogen-bond donors (Lipinski definition) is 1. The fourth-order valence-electron chi connectivity index (χ4n) is 1.75. The lowest BCUT2D eigenvalue weighted by molar-refractivity contribution is -0.157. The number of nitrogens with one attached hydrogen (secondary N) is 1. The normalized spacial score (nSPS) is 14.8. The van der Waals surface area contributed by atoms with E-state index in [9.17, 15) is 4.79 Å². The van der Waals surface area contributed by atoms with Crippen LogP contribution in [0.5, 0.6) is 0 Å². The number of esters is 1. The number of benzene rings is 1. The molecule has 3 nitrogen and oxygen atoms in total. The summed E-state index contributed by atoms with van der Waals surface area (Å²) in [7, 11) is 0. The molecule has 0 amide bonds. The molecule has 0 saturated carbocycles. The second-order valence-electron chi connectivity index (χ2n) is 5.67. The lowest BCUT2D eigenvalue weighted by Gasteiger charge is -2.25. The van der Waals surface area contributed by atoms with Gasteiger partial charge in [-0.3, -0.25) is 10.1 Å². The molecular weight excluding hydrogens is 262 g/mol. The van der Waals surface area contributed by atoms with E-state index in [1.807, 2.05) is 52.0 Å². The summed E-state index contributed by atoms with van der Waals surface area (Å²) in [4.78, 5) is 11.9. The van der Waals surface area contributed by atoms with Crippen LogP contribution in [0.15, 0.2) is 24.3 Å². The molecule has 0 aliphatic rings. The third-order valence-electron chi connectivity index (χ3n) is 2.63. The van der Waals surface area contributed by atoms with Gasteiger partial charge in [-0.15, -0.1) is 0 Å². The Hall–Kier alpha value is -1.06. The number of carbonyl (C=O) groups excluding carboxylic acids is 1. The van der Waals surface area contributed by atoms with Gasteiger partial charge in [0, 0.05) is 11.1 Å². The number of rotatable bonds is 4. The molecule has 1 aromatic rings. The maximum atomic E-state index is 11.9. The quantitative estimate of drug-likeness (QED) is 0.856. The highest BCUT2D eigenvalue weighted by Gasteiger charge is 2.23. The van der Waals surface area contributed by atoms with Gasteiger partial charge in [0.05, 0.1) is 0 Å². The molecule has 0 spiro atoms. The van der Waals surface area contributed by atoms with Crippen LogP contribution < -0.4 is 5.32 Å². The molecule has 1 aromatic carbocycles. The van der Waals surface area contributed by atoms with Crippen molar-refractivity contribution in [3.63, 3.8) is 0 Å². The number of hydrogen-bond acceptors (Lipinski definition) is 3. The van der Waals surface area contributed by atoms with Crippen LogP contribution >= 0.6 is 11.6 Å². The van der Waals surface area contributed by atoms with Crippen molar-refractivity contribution in [3.8, 4) is 0 Å². The van der Waals surface area contributed by atoms with E-state index in [0.717, 1.165) is 5.56 Å². The maximum Gasteiger partial charge on any atom is 0.323 e. The fraction of sp³-hybridized carbons (Fsp3) is 0.533. The molecule has 0 bridgehead atoms. The van der Waals surface area contributed by atoms with Crippen LogP contribution in [0, 0.1) is 0 Å². The van der Waals surface area contributed by atoms with Crippen molar-refractivity contribution in [1.82, 2.24) is 5.32 Å².